The lowest BCUT2D eigenvalue weighted by Gasteiger charge is -2.24. The van der Waals surface area contributed by atoms with E-state index in [2.05, 4.69) is 15.1 Å². The highest BCUT2D eigenvalue weighted by Gasteiger charge is 2.44. The lowest BCUT2D eigenvalue weighted by atomic mass is 9.82. The summed E-state index contributed by atoms with van der Waals surface area (Å²) in [6.07, 6.45) is 4.52. The van der Waals surface area contributed by atoms with Gasteiger partial charge in [-0.15, -0.1) is 0 Å². The number of carbonyl (C=O) groups excluding carboxylic acids is 1. The Kier molecular flexibility index (Phi) is 4.40. The Morgan fingerprint density at radius 1 is 1.38 bits per heavy atom. The second-order valence-electron chi connectivity index (χ2n) is 4.79. The van der Waals surface area contributed by atoms with Crippen molar-refractivity contribution in [3.8, 4) is 11.6 Å². The topological polar surface area (TPSA) is 83.0 Å². The molecule has 21 heavy (non-hydrogen) atoms. The Bertz CT molecular complexity index is 613. The monoisotopic (exact) mass is 292 g/mol. The zero-order valence-corrected chi connectivity index (χ0v) is 12.8. The van der Waals surface area contributed by atoms with Crippen LogP contribution in [-0.4, -0.2) is 32.3 Å². The molecule has 0 aliphatic carbocycles. The van der Waals surface area contributed by atoms with E-state index in [1.807, 2.05) is 20.9 Å². The van der Waals surface area contributed by atoms with Crippen LogP contribution in [0.1, 0.15) is 39.5 Å². The normalized spacial score (nSPS) is 11.6. The zero-order valence-electron chi connectivity index (χ0n) is 12.8. The Morgan fingerprint density at radius 3 is 2.62 bits per heavy atom. The van der Waals surface area contributed by atoms with E-state index in [4.69, 9.17) is 9.26 Å². The summed E-state index contributed by atoms with van der Waals surface area (Å²) >= 11 is 0. The summed E-state index contributed by atoms with van der Waals surface area (Å²) in [4.78, 5) is 20.9. The van der Waals surface area contributed by atoms with Crippen molar-refractivity contribution in [2.75, 3.05) is 6.61 Å². The molecular weight excluding hydrogens is 272 g/mol. The highest BCUT2D eigenvalue weighted by molar-refractivity contribution is 5.81. The van der Waals surface area contributed by atoms with Crippen LogP contribution < -0.4 is 0 Å². The molecule has 0 saturated carbocycles. The zero-order chi connectivity index (χ0) is 15.5. The predicted molar refractivity (Wildman–Crippen MR) is 75.4 cm³/mol. The van der Waals surface area contributed by atoms with Gasteiger partial charge in [0.1, 0.15) is 5.41 Å². The quantitative estimate of drug-likeness (QED) is 0.758. The number of ether oxygens (including phenoxy) is 1. The van der Waals surface area contributed by atoms with Crippen LogP contribution >= 0.6 is 0 Å². The second kappa shape index (κ2) is 6.07. The molecule has 0 radical (unpaired) electrons. The van der Waals surface area contributed by atoms with Crippen LogP contribution in [0, 0.1) is 0 Å². The van der Waals surface area contributed by atoms with Crippen molar-refractivity contribution in [3.05, 3.63) is 18.3 Å². The van der Waals surface area contributed by atoms with Gasteiger partial charge in [-0.3, -0.25) is 4.79 Å². The van der Waals surface area contributed by atoms with Crippen molar-refractivity contribution < 1.29 is 14.1 Å². The molecule has 0 spiro atoms. The van der Waals surface area contributed by atoms with E-state index in [9.17, 15) is 4.79 Å². The number of nitrogens with zero attached hydrogens (tertiary/aromatic N) is 4. The molecule has 114 valence electrons. The number of esters is 1. The third-order valence-electron chi connectivity index (χ3n) is 3.73. The predicted octanol–water partition coefficient (Wildman–Crippen LogP) is 2.09. The summed E-state index contributed by atoms with van der Waals surface area (Å²) in [6.45, 7) is 5.91. The Balaban J connectivity index is 2.41. The molecule has 2 aromatic heterocycles. The average Bonchev–Trinajstić information content (AvgIpc) is 3.10. The molecular formula is C14H20N4O3. The third kappa shape index (κ3) is 2.55. The SMILES string of the molecule is CCOC(=O)C(CC)(CC)c1nc(-c2nccn2C)no1. The molecule has 2 heterocycles. The molecule has 2 aromatic rings. The molecule has 0 bridgehead atoms. The number of carbonyl (C=O) groups is 1. The van der Waals surface area contributed by atoms with Crippen LogP contribution in [0.3, 0.4) is 0 Å². The highest BCUT2D eigenvalue weighted by atomic mass is 16.5. The fourth-order valence-corrected chi connectivity index (χ4v) is 2.29. The van der Waals surface area contributed by atoms with E-state index in [1.54, 1.807) is 23.9 Å². The third-order valence-corrected chi connectivity index (χ3v) is 3.73. The molecule has 7 heteroatoms. The summed E-state index contributed by atoms with van der Waals surface area (Å²) in [6, 6.07) is 0. The van der Waals surface area contributed by atoms with Gasteiger partial charge in [0.15, 0.2) is 5.82 Å². The molecule has 0 saturated heterocycles. The molecule has 2 rings (SSSR count). The first-order chi connectivity index (χ1) is 10.1. The first kappa shape index (κ1) is 15.2. The van der Waals surface area contributed by atoms with Gasteiger partial charge < -0.3 is 13.8 Å². The molecule has 0 amide bonds. The number of aryl methyl sites for hydroxylation is 1. The number of aromatic nitrogens is 4. The van der Waals surface area contributed by atoms with E-state index >= 15 is 0 Å². The average molecular weight is 292 g/mol. The van der Waals surface area contributed by atoms with Gasteiger partial charge in [0.2, 0.25) is 11.7 Å². The number of rotatable bonds is 6. The highest BCUT2D eigenvalue weighted by Crippen LogP contribution is 2.33. The van der Waals surface area contributed by atoms with Crippen molar-refractivity contribution in [2.45, 2.75) is 39.0 Å². The van der Waals surface area contributed by atoms with Crippen molar-refractivity contribution >= 4 is 5.97 Å². The van der Waals surface area contributed by atoms with Crippen molar-refractivity contribution in [1.29, 1.82) is 0 Å². The van der Waals surface area contributed by atoms with Crippen molar-refractivity contribution in [2.24, 2.45) is 7.05 Å². The van der Waals surface area contributed by atoms with E-state index in [0.717, 1.165) is 0 Å². The second-order valence-corrected chi connectivity index (χ2v) is 4.79. The maximum atomic E-state index is 12.3. The minimum Gasteiger partial charge on any atom is -0.465 e. The molecule has 0 N–H and O–H groups in total. The maximum absolute atomic E-state index is 12.3. The van der Waals surface area contributed by atoms with Gasteiger partial charge in [-0.2, -0.15) is 4.98 Å². The molecule has 0 unspecified atom stereocenters. The van der Waals surface area contributed by atoms with E-state index in [-0.39, 0.29) is 11.9 Å². The van der Waals surface area contributed by atoms with Crippen LogP contribution in [0.15, 0.2) is 16.9 Å². The standard InChI is InChI=1S/C14H20N4O3/c1-5-14(6-2,13(19)20-7-3)12-16-10(17-21-12)11-15-8-9-18(11)4/h8-9H,5-7H2,1-4H3. The molecule has 0 aliphatic heterocycles. The first-order valence-corrected chi connectivity index (χ1v) is 7.08. The lowest BCUT2D eigenvalue weighted by molar-refractivity contribution is -0.151. The van der Waals surface area contributed by atoms with Gasteiger partial charge in [-0.25, -0.2) is 4.98 Å². The van der Waals surface area contributed by atoms with Crippen LogP contribution in [0.4, 0.5) is 0 Å². The van der Waals surface area contributed by atoms with E-state index in [0.29, 0.717) is 31.1 Å². The lowest BCUT2D eigenvalue weighted by Crippen LogP contribution is -2.36. The van der Waals surface area contributed by atoms with Gasteiger partial charge in [0.25, 0.3) is 0 Å². The largest absolute Gasteiger partial charge is 0.465 e. The van der Waals surface area contributed by atoms with Crippen molar-refractivity contribution in [3.63, 3.8) is 0 Å². The number of hydrogen-bond donors (Lipinski definition) is 0. The van der Waals surface area contributed by atoms with Crippen LogP contribution in [0.25, 0.3) is 11.6 Å². The van der Waals surface area contributed by atoms with Gasteiger partial charge in [-0.1, -0.05) is 19.0 Å². The van der Waals surface area contributed by atoms with Crippen LogP contribution in [-0.2, 0) is 22.0 Å². The molecule has 0 aliphatic rings. The minimum absolute atomic E-state index is 0.281. The fourth-order valence-electron chi connectivity index (χ4n) is 2.29. The fraction of sp³-hybridized carbons (Fsp3) is 0.571. The van der Waals surface area contributed by atoms with Gasteiger partial charge >= 0.3 is 5.97 Å². The summed E-state index contributed by atoms with van der Waals surface area (Å²) in [5, 5.41) is 3.95. The number of hydrogen-bond acceptors (Lipinski definition) is 6. The molecule has 0 atom stereocenters. The summed E-state index contributed by atoms with van der Waals surface area (Å²) in [7, 11) is 1.84. The number of imidazole rings is 1. The molecule has 0 fully saturated rings. The van der Waals surface area contributed by atoms with Crippen molar-refractivity contribution in [1.82, 2.24) is 19.7 Å². The smallest absolute Gasteiger partial charge is 0.321 e. The van der Waals surface area contributed by atoms with E-state index < -0.39 is 5.41 Å². The van der Waals surface area contributed by atoms with Crippen LogP contribution in [0.5, 0.6) is 0 Å². The minimum atomic E-state index is -0.896. The van der Waals surface area contributed by atoms with Gasteiger partial charge in [-0.05, 0) is 19.8 Å². The molecule has 7 nitrogen and oxygen atoms in total. The van der Waals surface area contributed by atoms with Gasteiger partial charge in [0.05, 0.1) is 6.61 Å². The summed E-state index contributed by atoms with van der Waals surface area (Å²) < 4.78 is 12.3. The Labute approximate surface area is 123 Å². The Hall–Kier alpha value is -2.18. The maximum Gasteiger partial charge on any atom is 0.321 e. The van der Waals surface area contributed by atoms with Gasteiger partial charge in [0, 0.05) is 19.4 Å². The van der Waals surface area contributed by atoms with E-state index in [1.165, 1.54) is 0 Å². The first-order valence-electron chi connectivity index (χ1n) is 7.08. The molecule has 0 aromatic carbocycles. The van der Waals surface area contributed by atoms with Crippen LogP contribution in [0.2, 0.25) is 0 Å². The summed E-state index contributed by atoms with van der Waals surface area (Å²) in [5.74, 6) is 0.914. The Morgan fingerprint density at radius 2 is 2.10 bits per heavy atom. The summed E-state index contributed by atoms with van der Waals surface area (Å²) in [5.41, 5.74) is -0.896.